The maximum Gasteiger partial charge on any atom is 0.202 e. The van der Waals surface area contributed by atoms with E-state index in [0.717, 1.165) is 12.0 Å². The van der Waals surface area contributed by atoms with Crippen molar-refractivity contribution in [2.75, 3.05) is 0 Å². The van der Waals surface area contributed by atoms with E-state index in [-0.39, 0.29) is 0 Å². The maximum absolute atomic E-state index is 12.9. The molecule has 2 aliphatic rings. The Morgan fingerprint density at radius 3 is 2.89 bits per heavy atom. The molecule has 1 fully saturated rings. The largest absolute Gasteiger partial charge is 0.373 e. The number of rotatable bonds is 2. The molecule has 4 heteroatoms. The molecule has 1 N–H and O–H groups in total. The minimum Gasteiger partial charge on any atom is -0.373 e. The summed E-state index contributed by atoms with van der Waals surface area (Å²) in [7, 11) is -3.33. The van der Waals surface area contributed by atoms with E-state index < -0.39 is 14.7 Å². The standard InChI is InChI=1S/C14H17NO2S/c1-11-4-2-3-5-13(11)18(16,17)14-8-6-12(10-14)7-9-15-14/h2-5,7,9,12,15H,6,8,10H2,1H3. The van der Waals surface area contributed by atoms with E-state index in [1.54, 1.807) is 12.1 Å². The first kappa shape index (κ1) is 11.8. The Morgan fingerprint density at radius 1 is 1.33 bits per heavy atom. The second-order valence-corrected chi connectivity index (χ2v) is 7.50. The fourth-order valence-electron chi connectivity index (χ4n) is 3.07. The second-order valence-electron chi connectivity index (χ2n) is 5.27. The van der Waals surface area contributed by atoms with Gasteiger partial charge in [0.25, 0.3) is 0 Å². The van der Waals surface area contributed by atoms with Crippen molar-refractivity contribution in [1.82, 2.24) is 5.32 Å². The molecule has 0 amide bonds. The predicted octanol–water partition coefficient (Wildman–Crippen LogP) is 2.38. The molecule has 0 spiro atoms. The summed E-state index contributed by atoms with van der Waals surface area (Å²) >= 11 is 0. The van der Waals surface area contributed by atoms with Gasteiger partial charge in [-0.1, -0.05) is 24.3 Å². The van der Waals surface area contributed by atoms with E-state index in [9.17, 15) is 8.42 Å². The molecule has 18 heavy (non-hydrogen) atoms. The molecule has 2 atom stereocenters. The van der Waals surface area contributed by atoms with Gasteiger partial charge in [-0.3, -0.25) is 0 Å². The van der Waals surface area contributed by atoms with Crippen LogP contribution in [0.2, 0.25) is 0 Å². The highest BCUT2D eigenvalue weighted by atomic mass is 32.2. The number of hydrogen-bond donors (Lipinski definition) is 1. The van der Waals surface area contributed by atoms with Gasteiger partial charge in [0, 0.05) is 0 Å². The number of hydrogen-bond acceptors (Lipinski definition) is 3. The molecule has 1 aliphatic heterocycles. The lowest BCUT2D eigenvalue weighted by Gasteiger charge is -2.32. The summed E-state index contributed by atoms with van der Waals surface area (Å²) in [4.78, 5) is -0.313. The van der Waals surface area contributed by atoms with Gasteiger partial charge in [0.2, 0.25) is 9.84 Å². The summed E-state index contributed by atoms with van der Waals surface area (Å²) in [6.45, 7) is 1.86. The molecule has 0 radical (unpaired) electrons. The van der Waals surface area contributed by atoms with Crippen LogP contribution < -0.4 is 5.32 Å². The fourth-order valence-corrected chi connectivity index (χ4v) is 5.28. The van der Waals surface area contributed by atoms with Crippen LogP contribution in [0, 0.1) is 12.8 Å². The topological polar surface area (TPSA) is 46.2 Å². The third-order valence-corrected chi connectivity index (χ3v) is 6.68. The molecule has 0 saturated heterocycles. The first-order chi connectivity index (χ1) is 8.55. The Hall–Kier alpha value is -1.29. The van der Waals surface area contributed by atoms with Crippen LogP contribution >= 0.6 is 0 Å². The van der Waals surface area contributed by atoms with Gasteiger partial charge in [0.05, 0.1) is 4.90 Å². The maximum atomic E-state index is 12.9. The van der Waals surface area contributed by atoms with Gasteiger partial charge in [0.15, 0.2) is 0 Å². The Balaban J connectivity index is 2.11. The summed E-state index contributed by atoms with van der Waals surface area (Å²) in [6, 6.07) is 7.24. The number of sulfone groups is 1. The van der Waals surface area contributed by atoms with E-state index >= 15 is 0 Å². The quantitative estimate of drug-likeness (QED) is 0.891. The minimum atomic E-state index is -3.33. The van der Waals surface area contributed by atoms with Crippen LogP contribution in [-0.4, -0.2) is 13.3 Å². The van der Waals surface area contributed by atoms with Gasteiger partial charge in [-0.15, -0.1) is 0 Å². The van der Waals surface area contributed by atoms with Crippen molar-refractivity contribution in [1.29, 1.82) is 0 Å². The van der Waals surface area contributed by atoms with Crippen LogP contribution in [0.25, 0.3) is 0 Å². The van der Waals surface area contributed by atoms with Crippen LogP contribution in [0.5, 0.6) is 0 Å². The lowest BCUT2D eigenvalue weighted by atomic mass is 10.1. The monoisotopic (exact) mass is 263 g/mol. The molecule has 1 aromatic carbocycles. The molecule has 0 aromatic heterocycles. The third-order valence-electron chi connectivity index (χ3n) is 4.12. The molecule has 1 aromatic rings. The van der Waals surface area contributed by atoms with E-state index in [1.165, 1.54) is 0 Å². The van der Waals surface area contributed by atoms with E-state index in [1.807, 2.05) is 25.3 Å². The van der Waals surface area contributed by atoms with Crippen LogP contribution in [0.1, 0.15) is 24.8 Å². The van der Waals surface area contributed by atoms with Crippen molar-refractivity contribution in [3.8, 4) is 0 Å². The van der Waals surface area contributed by atoms with Crippen molar-refractivity contribution in [3.05, 3.63) is 42.1 Å². The normalized spacial score (nSPS) is 30.2. The van der Waals surface area contributed by atoms with Crippen LogP contribution in [-0.2, 0) is 9.84 Å². The van der Waals surface area contributed by atoms with Gasteiger partial charge in [-0.25, -0.2) is 8.42 Å². The van der Waals surface area contributed by atoms with Crippen molar-refractivity contribution >= 4 is 9.84 Å². The number of benzene rings is 1. The zero-order valence-corrected chi connectivity index (χ0v) is 11.2. The fraction of sp³-hybridized carbons (Fsp3) is 0.429. The highest BCUT2D eigenvalue weighted by molar-refractivity contribution is 7.92. The van der Waals surface area contributed by atoms with E-state index in [2.05, 4.69) is 11.4 Å². The lowest BCUT2D eigenvalue weighted by molar-refractivity contribution is 0.455. The first-order valence-electron chi connectivity index (χ1n) is 6.30. The number of allylic oxidation sites excluding steroid dienone is 1. The average molecular weight is 263 g/mol. The average Bonchev–Trinajstić information content (AvgIpc) is 2.66. The van der Waals surface area contributed by atoms with Crippen LogP contribution in [0.3, 0.4) is 0 Å². The molecule has 1 aliphatic carbocycles. The summed E-state index contributed by atoms with van der Waals surface area (Å²) < 4.78 is 25.8. The summed E-state index contributed by atoms with van der Waals surface area (Å²) in [5.74, 6) is 0.407. The molecule has 2 unspecified atom stereocenters. The van der Waals surface area contributed by atoms with E-state index in [4.69, 9.17) is 0 Å². The SMILES string of the molecule is Cc1ccccc1S(=O)(=O)C12CCC(C=CN1)C2. The molecular weight excluding hydrogens is 246 g/mol. The highest BCUT2D eigenvalue weighted by Crippen LogP contribution is 2.44. The molecule has 96 valence electrons. The summed E-state index contributed by atoms with van der Waals surface area (Å²) in [5, 5.41) is 3.12. The van der Waals surface area contributed by atoms with Crippen LogP contribution in [0.15, 0.2) is 41.4 Å². The summed E-state index contributed by atoms with van der Waals surface area (Å²) in [6.07, 6.45) is 6.24. The molecular formula is C14H17NO2S. The van der Waals surface area contributed by atoms with Crippen molar-refractivity contribution in [2.45, 2.75) is 36.0 Å². The smallest absolute Gasteiger partial charge is 0.202 e. The molecule has 1 heterocycles. The Labute approximate surface area is 108 Å². The van der Waals surface area contributed by atoms with Gasteiger partial charge in [-0.2, -0.15) is 0 Å². The Kier molecular flexibility index (Phi) is 2.52. The van der Waals surface area contributed by atoms with Crippen molar-refractivity contribution in [2.24, 2.45) is 5.92 Å². The Morgan fingerprint density at radius 2 is 2.11 bits per heavy atom. The number of fused-ring (bicyclic) bond motifs is 2. The number of nitrogens with one attached hydrogen (secondary N) is 1. The zero-order valence-electron chi connectivity index (χ0n) is 10.4. The van der Waals surface area contributed by atoms with Gasteiger partial charge >= 0.3 is 0 Å². The van der Waals surface area contributed by atoms with E-state index in [0.29, 0.717) is 23.7 Å². The summed E-state index contributed by atoms with van der Waals surface area (Å²) in [5.41, 5.74) is 0.826. The first-order valence-corrected chi connectivity index (χ1v) is 7.78. The van der Waals surface area contributed by atoms with Gasteiger partial charge in [0.1, 0.15) is 4.87 Å². The lowest BCUT2D eigenvalue weighted by Crippen LogP contribution is -2.48. The second kappa shape index (κ2) is 3.85. The zero-order chi connectivity index (χ0) is 12.8. The Bertz CT molecular complexity index is 606. The predicted molar refractivity (Wildman–Crippen MR) is 70.7 cm³/mol. The number of aryl methyl sites for hydroxylation is 1. The van der Waals surface area contributed by atoms with Gasteiger partial charge in [-0.05, 0) is 49.9 Å². The highest BCUT2D eigenvalue weighted by Gasteiger charge is 2.50. The molecule has 3 rings (SSSR count). The molecule has 1 saturated carbocycles. The van der Waals surface area contributed by atoms with Crippen molar-refractivity contribution in [3.63, 3.8) is 0 Å². The third kappa shape index (κ3) is 1.52. The molecule has 2 bridgehead atoms. The molecule has 3 nitrogen and oxygen atoms in total. The minimum absolute atomic E-state index is 0.407. The van der Waals surface area contributed by atoms with Crippen molar-refractivity contribution < 1.29 is 8.42 Å². The van der Waals surface area contributed by atoms with Gasteiger partial charge < -0.3 is 5.32 Å². The van der Waals surface area contributed by atoms with Crippen LogP contribution in [0.4, 0.5) is 0 Å².